The lowest BCUT2D eigenvalue weighted by atomic mass is 9.58. The number of hydrogen-bond acceptors (Lipinski definition) is 4. The van der Waals surface area contributed by atoms with Gasteiger partial charge in [-0.15, -0.1) is 0 Å². The Morgan fingerprint density at radius 2 is 0.625 bits per heavy atom. The first-order valence-corrected chi connectivity index (χ1v) is 12.6. The molecule has 4 nitrogen and oxygen atoms in total. The van der Waals surface area contributed by atoms with Gasteiger partial charge in [0.1, 0.15) is 0 Å². The molecule has 0 aliphatic carbocycles. The smallest absolute Gasteiger partial charge is 0.318 e. The van der Waals surface area contributed by atoms with Crippen molar-refractivity contribution in [2.75, 3.05) is 26.2 Å². The first kappa shape index (κ1) is 25.8. The van der Waals surface area contributed by atoms with Crippen molar-refractivity contribution < 1.29 is 0 Å². The summed E-state index contributed by atoms with van der Waals surface area (Å²) in [7, 11) is 0. The molecule has 2 fully saturated rings. The quantitative estimate of drug-likeness (QED) is 0.656. The standard InChI is InChI=1S/C26H48B2N4/c1-23(2,3)29-17-18-30(24(4,5)6)27(29)21-13-15-22(16-14-21)28-31(25(7,8)9)19-20-32(28)26(10,11)12/h13-16H,17-20H2,1-12H3. The van der Waals surface area contributed by atoms with Crippen LogP contribution in [0.3, 0.4) is 0 Å². The van der Waals surface area contributed by atoms with Crippen LogP contribution in [0.25, 0.3) is 0 Å². The van der Waals surface area contributed by atoms with Crippen LogP contribution in [0.2, 0.25) is 0 Å². The van der Waals surface area contributed by atoms with Crippen LogP contribution < -0.4 is 10.9 Å². The Balaban J connectivity index is 1.99. The van der Waals surface area contributed by atoms with Crippen molar-refractivity contribution in [2.45, 2.75) is 105 Å². The van der Waals surface area contributed by atoms with Crippen molar-refractivity contribution in [1.82, 2.24) is 19.2 Å². The molecule has 2 aliphatic rings. The van der Waals surface area contributed by atoms with Crippen LogP contribution >= 0.6 is 0 Å². The van der Waals surface area contributed by atoms with Crippen LogP contribution in [0.5, 0.6) is 0 Å². The molecule has 0 amide bonds. The lowest BCUT2D eigenvalue weighted by Gasteiger charge is -2.42. The molecule has 0 aromatic heterocycles. The van der Waals surface area contributed by atoms with Crippen molar-refractivity contribution in [1.29, 1.82) is 0 Å². The lowest BCUT2D eigenvalue weighted by molar-refractivity contribution is 0.271. The third kappa shape index (κ3) is 5.14. The molecule has 178 valence electrons. The van der Waals surface area contributed by atoms with Crippen LogP contribution in [0.4, 0.5) is 0 Å². The highest BCUT2D eigenvalue weighted by molar-refractivity contribution is 6.71. The fourth-order valence-corrected chi connectivity index (χ4v) is 5.63. The van der Waals surface area contributed by atoms with Gasteiger partial charge in [0.2, 0.25) is 0 Å². The summed E-state index contributed by atoms with van der Waals surface area (Å²) in [5, 5.41) is 0. The van der Waals surface area contributed by atoms with E-state index in [0.29, 0.717) is 14.0 Å². The topological polar surface area (TPSA) is 13.0 Å². The molecule has 0 radical (unpaired) electrons. The predicted octanol–water partition coefficient (Wildman–Crippen LogP) is 3.51. The second-order valence-electron chi connectivity index (χ2n) is 13.9. The summed E-state index contributed by atoms with van der Waals surface area (Å²) < 4.78 is 0. The van der Waals surface area contributed by atoms with Crippen LogP contribution in [0.1, 0.15) is 83.1 Å². The summed E-state index contributed by atoms with van der Waals surface area (Å²) >= 11 is 0. The summed E-state index contributed by atoms with van der Waals surface area (Å²) in [6.45, 7) is 33.3. The third-order valence-corrected chi connectivity index (χ3v) is 7.32. The molecule has 1 aromatic rings. The zero-order valence-electron chi connectivity index (χ0n) is 23.1. The van der Waals surface area contributed by atoms with Crippen LogP contribution in [-0.2, 0) is 0 Å². The van der Waals surface area contributed by atoms with E-state index in [-0.39, 0.29) is 22.2 Å². The molecule has 1 aromatic carbocycles. The van der Waals surface area contributed by atoms with E-state index >= 15 is 0 Å². The van der Waals surface area contributed by atoms with Crippen molar-refractivity contribution >= 4 is 24.9 Å². The molecule has 0 bridgehead atoms. The Morgan fingerprint density at radius 1 is 0.438 bits per heavy atom. The van der Waals surface area contributed by atoms with Crippen molar-refractivity contribution in [2.24, 2.45) is 0 Å². The fourth-order valence-electron chi connectivity index (χ4n) is 5.63. The van der Waals surface area contributed by atoms with E-state index in [0.717, 1.165) is 26.2 Å². The van der Waals surface area contributed by atoms with Crippen LogP contribution in [0, 0.1) is 0 Å². The molecule has 6 heteroatoms. The van der Waals surface area contributed by atoms with Gasteiger partial charge < -0.3 is 19.2 Å². The molecule has 0 unspecified atom stereocenters. The SMILES string of the molecule is CC(C)(C)N1CCN(C(C)(C)C)B1c1ccc(B2N(C(C)(C)C)CCN2C(C)(C)C)cc1. The molecule has 0 N–H and O–H groups in total. The summed E-state index contributed by atoms with van der Waals surface area (Å²) in [4.78, 5) is 10.7. The van der Waals surface area contributed by atoms with E-state index in [1.54, 1.807) is 0 Å². The number of nitrogens with zero attached hydrogens (tertiary/aromatic N) is 4. The summed E-state index contributed by atoms with van der Waals surface area (Å²) in [6, 6.07) is 9.62. The van der Waals surface area contributed by atoms with Gasteiger partial charge in [0.15, 0.2) is 0 Å². The van der Waals surface area contributed by atoms with E-state index in [2.05, 4.69) is 127 Å². The zero-order valence-corrected chi connectivity index (χ0v) is 23.1. The van der Waals surface area contributed by atoms with Gasteiger partial charge in [0.25, 0.3) is 0 Å². The van der Waals surface area contributed by atoms with Crippen LogP contribution in [0.15, 0.2) is 24.3 Å². The minimum Gasteiger partial charge on any atom is -0.318 e. The number of hydrogen-bond donors (Lipinski definition) is 0. The van der Waals surface area contributed by atoms with E-state index in [1.807, 2.05) is 0 Å². The highest BCUT2D eigenvalue weighted by atomic mass is 15.3. The predicted molar refractivity (Wildman–Crippen MR) is 143 cm³/mol. The van der Waals surface area contributed by atoms with Gasteiger partial charge in [-0.05, 0) is 94.0 Å². The summed E-state index contributed by atoms with van der Waals surface area (Å²) in [5.74, 6) is 0. The van der Waals surface area contributed by atoms with E-state index < -0.39 is 0 Å². The monoisotopic (exact) mass is 438 g/mol. The maximum atomic E-state index is 2.67. The molecule has 3 rings (SSSR count). The van der Waals surface area contributed by atoms with Gasteiger partial charge in [0.05, 0.1) is 0 Å². The molecule has 0 spiro atoms. The third-order valence-electron chi connectivity index (χ3n) is 7.32. The highest BCUT2D eigenvalue weighted by Crippen LogP contribution is 2.29. The Kier molecular flexibility index (Phi) is 6.81. The number of rotatable bonds is 2. The number of benzene rings is 1. The van der Waals surface area contributed by atoms with Gasteiger partial charge in [-0.3, -0.25) is 0 Å². The first-order valence-electron chi connectivity index (χ1n) is 12.6. The molecular weight excluding hydrogens is 390 g/mol. The molecular formula is C26H48B2N4. The van der Waals surface area contributed by atoms with Gasteiger partial charge >= 0.3 is 14.0 Å². The molecule has 2 aliphatic heterocycles. The van der Waals surface area contributed by atoms with Gasteiger partial charge in [0, 0.05) is 48.3 Å². The highest BCUT2D eigenvalue weighted by Gasteiger charge is 2.48. The molecule has 2 saturated heterocycles. The second-order valence-corrected chi connectivity index (χ2v) is 13.9. The molecule has 0 atom stereocenters. The molecule has 2 heterocycles. The molecule has 0 saturated carbocycles. The van der Waals surface area contributed by atoms with E-state index in [1.165, 1.54) is 10.9 Å². The Labute approximate surface area is 199 Å². The zero-order chi connectivity index (χ0) is 24.3. The average molecular weight is 438 g/mol. The van der Waals surface area contributed by atoms with Crippen molar-refractivity contribution in [3.8, 4) is 0 Å². The van der Waals surface area contributed by atoms with Crippen molar-refractivity contribution in [3.05, 3.63) is 24.3 Å². The maximum Gasteiger partial charge on any atom is 0.347 e. The average Bonchev–Trinajstić information content (AvgIpc) is 3.25. The maximum absolute atomic E-state index is 2.67. The van der Waals surface area contributed by atoms with Crippen LogP contribution in [-0.4, -0.2) is 81.5 Å². The molecule has 32 heavy (non-hydrogen) atoms. The van der Waals surface area contributed by atoms with E-state index in [9.17, 15) is 0 Å². The second kappa shape index (κ2) is 8.45. The minimum atomic E-state index is 0.140. The Bertz CT molecular complexity index is 670. The largest absolute Gasteiger partial charge is 0.347 e. The normalized spacial score (nSPS) is 21.2. The van der Waals surface area contributed by atoms with Gasteiger partial charge in [-0.1, -0.05) is 24.3 Å². The van der Waals surface area contributed by atoms with Gasteiger partial charge in [-0.2, -0.15) is 0 Å². The Morgan fingerprint density at radius 3 is 0.781 bits per heavy atom. The van der Waals surface area contributed by atoms with E-state index in [4.69, 9.17) is 0 Å². The summed E-state index contributed by atoms with van der Waals surface area (Å²) in [6.07, 6.45) is 0. The minimum absolute atomic E-state index is 0.140. The first-order chi connectivity index (χ1) is 14.4. The van der Waals surface area contributed by atoms with Crippen molar-refractivity contribution in [3.63, 3.8) is 0 Å². The Hall–Kier alpha value is -0.810. The lowest BCUT2D eigenvalue weighted by Crippen LogP contribution is -2.64. The summed E-state index contributed by atoms with van der Waals surface area (Å²) in [5.41, 5.74) is 3.39. The fraction of sp³-hybridized carbons (Fsp3) is 0.769. The van der Waals surface area contributed by atoms with Gasteiger partial charge in [-0.25, -0.2) is 0 Å².